The van der Waals surface area contributed by atoms with Crippen molar-refractivity contribution in [3.63, 3.8) is 0 Å². The number of hydrogen-bond acceptors (Lipinski definition) is 6. The fraction of sp³-hybridized carbons (Fsp3) is 0.368. The summed E-state index contributed by atoms with van der Waals surface area (Å²) in [5.41, 5.74) is 2.15. The Morgan fingerprint density at radius 3 is 2.33 bits per heavy atom. The van der Waals surface area contributed by atoms with E-state index < -0.39 is 35.5 Å². The number of rotatable bonds is 15. The van der Waals surface area contributed by atoms with E-state index in [2.05, 4.69) is 15.6 Å². The molecule has 49 heavy (non-hydrogen) atoms. The quantitative estimate of drug-likeness (QED) is 0.198. The van der Waals surface area contributed by atoms with E-state index in [1.54, 1.807) is 19.4 Å². The molecular formula is C38H43F2N5O4. The number of halogens is 2. The van der Waals surface area contributed by atoms with Crippen LogP contribution in [0.25, 0.3) is 10.8 Å². The number of carbonyl (C=O) groups excluding carboxylic acids is 3. The van der Waals surface area contributed by atoms with Crippen molar-refractivity contribution >= 4 is 28.5 Å². The Bertz CT molecular complexity index is 1730. The third kappa shape index (κ3) is 9.67. The average molecular weight is 672 g/mol. The predicted molar refractivity (Wildman–Crippen MR) is 184 cm³/mol. The molecule has 1 aliphatic rings. The van der Waals surface area contributed by atoms with Crippen molar-refractivity contribution in [2.45, 2.75) is 50.2 Å². The summed E-state index contributed by atoms with van der Waals surface area (Å²) in [4.78, 5) is 48.4. The Morgan fingerprint density at radius 2 is 1.59 bits per heavy atom. The maximum atomic E-state index is 14.5. The zero-order valence-electron chi connectivity index (χ0n) is 27.9. The number of ether oxygens (including phenoxy) is 1. The van der Waals surface area contributed by atoms with E-state index in [0.29, 0.717) is 18.6 Å². The maximum Gasteiger partial charge on any atom is 0.249 e. The van der Waals surface area contributed by atoms with Gasteiger partial charge in [0.1, 0.15) is 18.7 Å². The van der Waals surface area contributed by atoms with E-state index in [9.17, 15) is 23.2 Å². The SMILES string of the molecule is CN(C(=O)COCC1CCCN1)C(Cc1ccc2ccccc2c1)C(=O)N(C)C(Cc1ccc(F)c(F)c1)C(=O)NCCc1ccncc1. The Kier molecular flexibility index (Phi) is 12.4. The smallest absolute Gasteiger partial charge is 0.249 e. The van der Waals surface area contributed by atoms with Crippen LogP contribution >= 0.6 is 0 Å². The van der Waals surface area contributed by atoms with E-state index in [1.165, 1.54) is 22.9 Å². The first-order valence-electron chi connectivity index (χ1n) is 16.6. The summed E-state index contributed by atoms with van der Waals surface area (Å²) in [6.07, 6.45) is 6.00. The second-order valence-corrected chi connectivity index (χ2v) is 12.5. The van der Waals surface area contributed by atoms with E-state index in [4.69, 9.17) is 4.74 Å². The van der Waals surface area contributed by atoms with Crippen molar-refractivity contribution in [1.29, 1.82) is 0 Å². The standard InChI is InChI=1S/C38H43F2N5O4/c1-44(36(46)25-49-24-31-8-5-16-42-31)35(23-27-9-11-29-6-3-4-7-30(29)20-27)38(48)45(2)34(22-28-10-12-32(39)33(40)21-28)37(47)43-19-15-26-13-17-41-18-14-26/h3-4,6-7,9-14,17-18,20-21,31,34-35,42H,5,8,15-16,19,22-25H2,1-2H3,(H,43,47). The number of fused-ring (bicyclic) bond motifs is 1. The van der Waals surface area contributed by atoms with E-state index >= 15 is 0 Å². The fourth-order valence-electron chi connectivity index (χ4n) is 6.12. The number of nitrogens with one attached hydrogen (secondary N) is 2. The summed E-state index contributed by atoms with van der Waals surface area (Å²) in [6.45, 7) is 1.39. The van der Waals surface area contributed by atoms with Crippen molar-refractivity contribution in [3.8, 4) is 0 Å². The molecule has 2 heterocycles. The molecule has 3 unspecified atom stereocenters. The van der Waals surface area contributed by atoms with Gasteiger partial charge in [-0.3, -0.25) is 19.4 Å². The molecule has 0 spiro atoms. The molecule has 1 fully saturated rings. The van der Waals surface area contributed by atoms with Gasteiger partial charge in [-0.1, -0.05) is 48.5 Å². The third-order valence-corrected chi connectivity index (χ3v) is 9.09. The minimum atomic E-state index is -1.08. The van der Waals surface area contributed by atoms with Gasteiger partial charge < -0.3 is 25.2 Å². The molecular weight excluding hydrogens is 628 g/mol. The molecule has 5 rings (SSSR count). The van der Waals surface area contributed by atoms with Crippen LogP contribution < -0.4 is 10.6 Å². The molecule has 0 saturated carbocycles. The number of likely N-dealkylation sites (N-methyl/N-ethyl adjacent to an activating group) is 2. The van der Waals surface area contributed by atoms with Crippen LogP contribution in [0.2, 0.25) is 0 Å². The number of nitrogens with zero attached hydrogens (tertiary/aromatic N) is 3. The van der Waals surface area contributed by atoms with Crippen LogP contribution in [-0.2, 0) is 38.4 Å². The molecule has 1 aromatic heterocycles. The molecule has 4 aromatic rings. The number of amides is 3. The highest BCUT2D eigenvalue weighted by Crippen LogP contribution is 2.21. The van der Waals surface area contributed by atoms with Crippen molar-refractivity contribution < 1.29 is 27.9 Å². The van der Waals surface area contributed by atoms with Crippen LogP contribution in [0.3, 0.4) is 0 Å². The van der Waals surface area contributed by atoms with Gasteiger partial charge in [0, 0.05) is 51.9 Å². The molecule has 3 amide bonds. The topological polar surface area (TPSA) is 104 Å². The molecule has 0 aliphatic carbocycles. The first kappa shape index (κ1) is 35.6. The number of benzene rings is 3. The lowest BCUT2D eigenvalue weighted by molar-refractivity contribution is -0.149. The number of aromatic nitrogens is 1. The lowest BCUT2D eigenvalue weighted by atomic mass is 9.98. The molecule has 2 N–H and O–H groups in total. The molecule has 0 radical (unpaired) electrons. The lowest BCUT2D eigenvalue weighted by Gasteiger charge is -2.34. The first-order valence-corrected chi connectivity index (χ1v) is 16.6. The Morgan fingerprint density at radius 1 is 0.878 bits per heavy atom. The van der Waals surface area contributed by atoms with Crippen molar-refractivity contribution in [3.05, 3.63) is 114 Å². The lowest BCUT2D eigenvalue weighted by Crippen LogP contribution is -2.56. The monoisotopic (exact) mass is 671 g/mol. The molecule has 3 aromatic carbocycles. The zero-order chi connectivity index (χ0) is 34.8. The highest BCUT2D eigenvalue weighted by Gasteiger charge is 2.35. The molecule has 11 heteroatoms. The summed E-state index contributed by atoms with van der Waals surface area (Å²) in [5.74, 6) is -3.35. The van der Waals surface area contributed by atoms with Crippen LogP contribution in [0.1, 0.15) is 29.5 Å². The Labute approximate surface area is 285 Å². The van der Waals surface area contributed by atoms with Crippen LogP contribution in [0.4, 0.5) is 8.78 Å². The van der Waals surface area contributed by atoms with Gasteiger partial charge in [0.15, 0.2) is 11.6 Å². The van der Waals surface area contributed by atoms with E-state index in [-0.39, 0.29) is 37.9 Å². The number of carbonyl (C=O) groups is 3. The summed E-state index contributed by atoms with van der Waals surface area (Å²) >= 11 is 0. The second-order valence-electron chi connectivity index (χ2n) is 12.5. The summed E-state index contributed by atoms with van der Waals surface area (Å²) in [5, 5.41) is 8.27. The molecule has 1 aliphatic heterocycles. The minimum absolute atomic E-state index is 0.0710. The van der Waals surface area contributed by atoms with Crippen molar-refractivity contribution in [1.82, 2.24) is 25.4 Å². The summed E-state index contributed by atoms with van der Waals surface area (Å²) in [7, 11) is 3.07. The third-order valence-electron chi connectivity index (χ3n) is 9.09. The normalized spacial score (nSPS) is 15.5. The highest BCUT2D eigenvalue weighted by atomic mass is 19.2. The molecule has 0 bridgehead atoms. The van der Waals surface area contributed by atoms with Crippen molar-refractivity contribution in [2.75, 3.05) is 40.4 Å². The predicted octanol–water partition coefficient (Wildman–Crippen LogP) is 4.08. The van der Waals surface area contributed by atoms with Gasteiger partial charge in [-0.05, 0) is 77.5 Å². The van der Waals surface area contributed by atoms with Crippen LogP contribution in [0.5, 0.6) is 0 Å². The van der Waals surface area contributed by atoms with Gasteiger partial charge in [-0.2, -0.15) is 0 Å². The van der Waals surface area contributed by atoms with Gasteiger partial charge in [0.2, 0.25) is 17.7 Å². The van der Waals surface area contributed by atoms with E-state index in [1.807, 2.05) is 54.6 Å². The highest BCUT2D eigenvalue weighted by molar-refractivity contribution is 5.92. The molecule has 1 saturated heterocycles. The Balaban J connectivity index is 1.38. The minimum Gasteiger partial charge on any atom is -0.370 e. The van der Waals surface area contributed by atoms with Gasteiger partial charge in [-0.25, -0.2) is 8.78 Å². The zero-order valence-corrected chi connectivity index (χ0v) is 27.9. The molecule has 9 nitrogen and oxygen atoms in total. The fourth-order valence-corrected chi connectivity index (χ4v) is 6.12. The van der Waals surface area contributed by atoms with Crippen molar-refractivity contribution in [2.24, 2.45) is 0 Å². The van der Waals surface area contributed by atoms with Gasteiger partial charge in [0.05, 0.1) is 6.61 Å². The molecule has 3 atom stereocenters. The largest absolute Gasteiger partial charge is 0.370 e. The summed E-state index contributed by atoms with van der Waals surface area (Å²) in [6, 6.07) is 19.0. The average Bonchev–Trinajstić information content (AvgIpc) is 3.64. The van der Waals surface area contributed by atoms with Crippen LogP contribution in [0, 0.1) is 11.6 Å². The molecule has 258 valence electrons. The van der Waals surface area contributed by atoms with Gasteiger partial charge in [0.25, 0.3) is 0 Å². The van der Waals surface area contributed by atoms with Gasteiger partial charge >= 0.3 is 0 Å². The maximum absolute atomic E-state index is 14.5. The summed E-state index contributed by atoms with van der Waals surface area (Å²) < 4.78 is 33.8. The van der Waals surface area contributed by atoms with Gasteiger partial charge in [-0.15, -0.1) is 0 Å². The first-order chi connectivity index (χ1) is 23.7. The number of pyridine rings is 1. The second kappa shape index (κ2) is 17.1. The number of hydrogen-bond donors (Lipinski definition) is 2. The van der Waals surface area contributed by atoms with E-state index in [0.717, 1.165) is 53.4 Å². The van der Waals surface area contributed by atoms with Crippen LogP contribution in [0.15, 0.2) is 85.2 Å². The van der Waals surface area contributed by atoms with Crippen LogP contribution in [-0.4, -0.2) is 91.0 Å². The Hall–Kier alpha value is -4.74.